The van der Waals surface area contributed by atoms with E-state index < -0.39 is 17.0 Å². The molecule has 0 aromatic heterocycles. The summed E-state index contributed by atoms with van der Waals surface area (Å²) >= 11 is 0. The Bertz CT molecular complexity index is 548. The van der Waals surface area contributed by atoms with Gasteiger partial charge < -0.3 is 15.2 Å². The van der Waals surface area contributed by atoms with Gasteiger partial charge in [-0.3, -0.25) is 4.79 Å². The molecule has 0 saturated heterocycles. The lowest BCUT2D eigenvalue weighted by atomic mass is 9.83. The molecule has 0 radical (unpaired) electrons. The highest BCUT2D eigenvalue weighted by Gasteiger charge is 2.36. The van der Waals surface area contributed by atoms with Crippen molar-refractivity contribution in [2.75, 3.05) is 13.7 Å². The summed E-state index contributed by atoms with van der Waals surface area (Å²) < 4.78 is 10.2. The molecule has 0 bridgehead atoms. The first kappa shape index (κ1) is 18.2. The Morgan fingerprint density at radius 3 is 2.32 bits per heavy atom. The fourth-order valence-electron chi connectivity index (χ4n) is 2.01. The summed E-state index contributed by atoms with van der Waals surface area (Å²) in [6.45, 7) is 7.38. The number of hydrogen-bond acceptors (Lipinski definition) is 5. The SMILES string of the molecule is COC(=O)c1cccc(CC(C)(CN)C(=O)OC(C)(C)C)c1. The summed E-state index contributed by atoms with van der Waals surface area (Å²) in [7, 11) is 1.33. The fraction of sp³-hybridized carbons (Fsp3) is 0.529. The van der Waals surface area contributed by atoms with Crippen molar-refractivity contribution >= 4 is 11.9 Å². The van der Waals surface area contributed by atoms with Crippen LogP contribution in [0.1, 0.15) is 43.6 Å². The van der Waals surface area contributed by atoms with Crippen molar-refractivity contribution < 1.29 is 19.1 Å². The molecule has 5 nitrogen and oxygen atoms in total. The second kappa shape index (κ2) is 6.92. The van der Waals surface area contributed by atoms with Gasteiger partial charge in [-0.15, -0.1) is 0 Å². The van der Waals surface area contributed by atoms with Crippen LogP contribution in [-0.2, 0) is 20.7 Å². The first-order valence-electron chi connectivity index (χ1n) is 7.22. The fourth-order valence-corrected chi connectivity index (χ4v) is 2.01. The smallest absolute Gasteiger partial charge is 0.337 e. The van der Waals surface area contributed by atoms with E-state index in [4.69, 9.17) is 15.2 Å². The number of nitrogens with two attached hydrogens (primary N) is 1. The summed E-state index contributed by atoms with van der Waals surface area (Å²) in [5.74, 6) is -0.750. The Balaban J connectivity index is 2.98. The molecule has 0 fully saturated rings. The summed E-state index contributed by atoms with van der Waals surface area (Å²) in [4.78, 5) is 24.0. The van der Waals surface area contributed by atoms with Crippen molar-refractivity contribution in [1.29, 1.82) is 0 Å². The highest BCUT2D eigenvalue weighted by atomic mass is 16.6. The van der Waals surface area contributed by atoms with E-state index in [-0.39, 0.29) is 12.5 Å². The van der Waals surface area contributed by atoms with Crippen molar-refractivity contribution in [2.45, 2.75) is 39.7 Å². The van der Waals surface area contributed by atoms with E-state index in [1.165, 1.54) is 7.11 Å². The molecule has 0 spiro atoms. The molecule has 0 amide bonds. The minimum Gasteiger partial charge on any atom is -0.465 e. The van der Waals surface area contributed by atoms with Crippen LogP contribution in [0.5, 0.6) is 0 Å². The Labute approximate surface area is 131 Å². The van der Waals surface area contributed by atoms with Crippen molar-refractivity contribution in [3.05, 3.63) is 35.4 Å². The Hall–Kier alpha value is -1.88. The molecule has 1 aromatic rings. The van der Waals surface area contributed by atoms with E-state index in [2.05, 4.69) is 0 Å². The second-order valence-corrected chi connectivity index (χ2v) is 6.64. The molecule has 0 heterocycles. The van der Waals surface area contributed by atoms with Crippen LogP contribution < -0.4 is 5.73 Å². The third kappa shape index (κ3) is 4.84. The van der Waals surface area contributed by atoms with Crippen LogP contribution in [0.2, 0.25) is 0 Å². The molecule has 0 aliphatic rings. The zero-order valence-corrected chi connectivity index (χ0v) is 13.9. The zero-order valence-electron chi connectivity index (χ0n) is 13.9. The quantitative estimate of drug-likeness (QED) is 0.845. The van der Waals surface area contributed by atoms with E-state index in [9.17, 15) is 9.59 Å². The maximum atomic E-state index is 12.4. The number of methoxy groups -OCH3 is 1. The zero-order chi connectivity index (χ0) is 17.0. The Kier molecular flexibility index (Phi) is 5.72. The van der Waals surface area contributed by atoms with Crippen molar-refractivity contribution in [3.8, 4) is 0 Å². The third-order valence-corrected chi connectivity index (χ3v) is 3.28. The normalized spacial score (nSPS) is 14.1. The van der Waals surface area contributed by atoms with E-state index in [0.29, 0.717) is 12.0 Å². The van der Waals surface area contributed by atoms with Gasteiger partial charge in [0.2, 0.25) is 0 Å². The minimum atomic E-state index is -0.845. The van der Waals surface area contributed by atoms with Gasteiger partial charge in [0.05, 0.1) is 18.1 Å². The summed E-state index contributed by atoms with van der Waals surface area (Å²) in [5, 5.41) is 0. The molecular formula is C17H25NO4. The summed E-state index contributed by atoms with van der Waals surface area (Å²) in [6, 6.07) is 6.99. The predicted molar refractivity (Wildman–Crippen MR) is 84.5 cm³/mol. The van der Waals surface area contributed by atoms with Crippen LogP contribution in [0, 0.1) is 5.41 Å². The van der Waals surface area contributed by atoms with E-state index >= 15 is 0 Å². The number of ether oxygens (including phenoxy) is 2. The van der Waals surface area contributed by atoms with Crippen molar-refractivity contribution in [3.63, 3.8) is 0 Å². The van der Waals surface area contributed by atoms with Crippen LogP contribution in [0.3, 0.4) is 0 Å². The van der Waals surface area contributed by atoms with Crippen molar-refractivity contribution in [2.24, 2.45) is 11.1 Å². The molecule has 1 rings (SSSR count). The molecule has 0 aliphatic carbocycles. The highest BCUT2D eigenvalue weighted by molar-refractivity contribution is 5.89. The molecule has 122 valence electrons. The number of rotatable bonds is 5. The summed E-state index contributed by atoms with van der Waals surface area (Å²) in [6.07, 6.45) is 0.392. The number of esters is 2. The lowest BCUT2D eigenvalue weighted by Crippen LogP contribution is -2.42. The molecule has 0 aliphatic heterocycles. The van der Waals surface area contributed by atoms with Crippen LogP contribution in [0.4, 0.5) is 0 Å². The van der Waals surface area contributed by atoms with E-state index in [0.717, 1.165) is 5.56 Å². The standard InChI is InChI=1S/C17H25NO4/c1-16(2,3)22-15(20)17(4,11-18)10-12-7-6-8-13(9-12)14(19)21-5/h6-9H,10-11,18H2,1-5H3. The second-order valence-electron chi connectivity index (χ2n) is 6.64. The monoisotopic (exact) mass is 307 g/mol. The molecule has 2 N–H and O–H groups in total. The number of carbonyl (C=O) groups excluding carboxylic acids is 2. The van der Waals surface area contributed by atoms with Crippen LogP contribution >= 0.6 is 0 Å². The maximum Gasteiger partial charge on any atom is 0.337 e. The average Bonchev–Trinajstić information content (AvgIpc) is 2.44. The topological polar surface area (TPSA) is 78.6 Å². The predicted octanol–water partition coefficient (Wildman–Crippen LogP) is 2.32. The molecule has 1 atom stereocenters. The largest absolute Gasteiger partial charge is 0.465 e. The Morgan fingerprint density at radius 2 is 1.82 bits per heavy atom. The third-order valence-electron chi connectivity index (χ3n) is 3.28. The number of carbonyl (C=O) groups is 2. The number of hydrogen-bond donors (Lipinski definition) is 1. The first-order valence-corrected chi connectivity index (χ1v) is 7.22. The van der Waals surface area contributed by atoms with E-state index in [1.54, 1.807) is 25.1 Å². The lowest BCUT2D eigenvalue weighted by molar-refractivity contribution is -0.166. The van der Waals surface area contributed by atoms with Crippen LogP contribution in [0.25, 0.3) is 0 Å². The van der Waals surface area contributed by atoms with Gasteiger partial charge in [0.15, 0.2) is 0 Å². The Morgan fingerprint density at radius 1 is 1.18 bits per heavy atom. The molecule has 1 aromatic carbocycles. The first-order chi connectivity index (χ1) is 10.1. The molecule has 1 unspecified atom stereocenters. The van der Waals surface area contributed by atoms with Gasteiger partial charge in [0.25, 0.3) is 0 Å². The molecule has 22 heavy (non-hydrogen) atoms. The molecular weight excluding hydrogens is 282 g/mol. The van der Waals surface area contributed by atoms with Crippen LogP contribution in [0.15, 0.2) is 24.3 Å². The van der Waals surface area contributed by atoms with Gasteiger partial charge in [-0.25, -0.2) is 4.79 Å². The minimum absolute atomic E-state index is 0.157. The lowest BCUT2D eigenvalue weighted by Gasteiger charge is -2.30. The average molecular weight is 307 g/mol. The highest BCUT2D eigenvalue weighted by Crippen LogP contribution is 2.26. The summed E-state index contributed by atoms with van der Waals surface area (Å²) in [5.41, 5.74) is 5.68. The van der Waals surface area contributed by atoms with Gasteiger partial charge in [-0.05, 0) is 51.8 Å². The van der Waals surface area contributed by atoms with Gasteiger partial charge in [0, 0.05) is 6.54 Å². The van der Waals surface area contributed by atoms with Crippen molar-refractivity contribution in [1.82, 2.24) is 0 Å². The van der Waals surface area contributed by atoms with Gasteiger partial charge in [0.1, 0.15) is 5.60 Å². The maximum absolute atomic E-state index is 12.4. The molecule has 0 saturated carbocycles. The van der Waals surface area contributed by atoms with E-state index in [1.807, 2.05) is 26.8 Å². The van der Waals surface area contributed by atoms with Gasteiger partial charge in [-0.2, -0.15) is 0 Å². The molecule has 5 heteroatoms. The van der Waals surface area contributed by atoms with Gasteiger partial charge in [-0.1, -0.05) is 12.1 Å². The number of benzene rings is 1. The van der Waals surface area contributed by atoms with Crippen LogP contribution in [-0.4, -0.2) is 31.2 Å². The van der Waals surface area contributed by atoms with Gasteiger partial charge >= 0.3 is 11.9 Å².